The Kier molecular flexibility index (Phi) is 8.09. The Bertz CT molecular complexity index is 867. The van der Waals surface area contributed by atoms with Crippen molar-refractivity contribution in [2.24, 2.45) is 0 Å². The summed E-state index contributed by atoms with van der Waals surface area (Å²) < 4.78 is 0. The molecule has 0 fully saturated rings. The van der Waals surface area contributed by atoms with Gasteiger partial charge in [0.05, 0.1) is 0 Å². The summed E-state index contributed by atoms with van der Waals surface area (Å²) >= 11 is 0. The fourth-order valence-corrected chi connectivity index (χ4v) is 3.91. The van der Waals surface area contributed by atoms with E-state index in [-0.39, 0.29) is 5.75 Å². The monoisotopic (exact) mass is 393 g/mol. The predicted octanol–water partition coefficient (Wildman–Crippen LogP) is 6.90. The van der Waals surface area contributed by atoms with E-state index in [0.29, 0.717) is 5.69 Å². The number of aromatic hydroxyl groups is 1. The highest BCUT2D eigenvalue weighted by Gasteiger charge is 2.12. The highest BCUT2D eigenvalue weighted by molar-refractivity contribution is 5.73. The van der Waals surface area contributed by atoms with Gasteiger partial charge in [-0.2, -0.15) is 0 Å². The summed E-state index contributed by atoms with van der Waals surface area (Å²) in [6.07, 6.45) is 14.5. The van der Waals surface area contributed by atoms with Crippen molar-refractivity contribution < 1.29 is 5.11 Å². The number of rotatable bonds is 12. The van der Waals surface area contributed by atoms with Crippen LogP contribution in [0, 0.1) is 6.92 Å². The average Bonchev–Trinajstić information content (AvgIpc) is 3.16. The minimum atomic E-state index is 0.261. The van der Waals surface area contributed by atoms with Crippen LogP contribution in [0.1, 0.15) is 82.3 Å². The zero-order valence-corrected chi connectivity index (χ0v) is 18.0. The molecule has 1 heterocycles. The molecule has 0 aliphatic heterocycles. The van der Waals surface area contributed by atoms with Crippen molar-refractivity contribution in [1.29, 1.82) is 0 Å². The minimum Gasteiger partial charge on any atom is -0.505 e. The van der Waals surface area contributed by atoms with Gasteiger partial charge < -0.3 is 5.11 Å². The first-order chi connectivity index (χ1) is 14.2. The molecule has 0 saturated heterocycles. The maximum absolute atomic E-state index is 10.5. The lowest BCUT2D eigenvalue weighted by Gasteiger charge is -2.10. The summed E-state index contributed by atoms with van der Waals surface area (Å²) in [5, 5.41) is 19.6. The molecule has 4 nitrogen and oxygen atoms in total. The molecule has 29 heavy (non-hydrogen) atoms. The SMILES string of the molecule is CCCCCCCCCCCCc1cc(C)c(O)c(-n2nc3ccccc3n2)c1. The van der Waals surface area contributed by atoms with E-state index in [1.54, 1.807) is 4.80 Å². The molecule has 3 aromatic rings. The minimum absolute atomic E-state index is 0.261. The number of phenolic OH excluding ortho intramolecular Hbond substituents is 1. The van der Waals surface area contributed by atoms with E-state index >= 15 is 0 Å². The van der Waals surface area contributed by atoms with E-state index in [0.717, 1.165) is 23.0 Å². The largest absolute Gasteiger partial charge is 0.505 e. The Morgan fingerprint density at radius 1 is 0.793 bits per heavy atom. The van der Waals surface area contributed by atoms with Gasteiger partial charge in [0, 0.05) is 0 Å². The molecule has 0 saturated carbocycles. The number of benzene rings is 2. The number of hydrogen-bond donors (Lipinski definition) is 1. The number of unbranched alkanes of at least 4 members (excludes halogenated alkanes) is 9. The molecule has 0 unspecified atom stereocenters. The van der Waals surface area contributed by atoms with Gasteiger partial charge in [-0.25, -0.2) is 0 Å². The van der Waals surface area contributed by atoms with E-state index < -0.39 is 0 Å². The lowest BCUT2D eigenvalue weighted by Crippen LogP contribution is -2.02. The highest BCUT2D eigenvalue weighted by atomic mass is 16.3. The van der Waals surface area contributed by atoms with Crippen LogP contribution in [-0.4, -0.2) is 20.1 Å². The van der Waals surface area contributed by atoms with E-state index in [4.69, 9.17) is 0 Å². The molecule has 0 aliphatic rings. The molecule has 3 rings (SSSR count). The maximum Gasteiger partial charge on any atom is 0.146 e. The van der Waals surface area contributed by atoms with Crippen LogP contribution in [0.3, 0.4) is 0 Å². The van der Waals surface area contributed by atoms with Gasteiger partial charge in [-0.15, -0.1) is 15.0 Å². The molecule has 0 radical (unpaired) electrons. The lowest BCUT2D eigenvalue weighted by atomic mass is 10.0. The Morgan fingerprint density at radius 3 is 1.93 bits per heavy atom. The summed E-state index contributed by atoms with van der Waals surface area (Å²) in [6, 6.07) is 11.9. The number of phenols is 1. The number of fused-ring (bicyclic) bond motifs is 1. The lowest BCUT2D eigenvalue weighted by molar-refractivity contribution is 0.463. The third kappa shape index (κ3) is 6.06. The van der Waals surface area contributed by atoms with Gasteiger partial charge in [-0.3, -0.25) is 0 Å². The van der Waals surface area contributed by atoms with Gasteiger partial charge in [0.25, 0.3) is 0 Å². The molecule has 1 aromatic heterocycles. The molecule has 4 heteroatoms. The van der Waals surface area contributed by atoms with Crippen LogP contribution < -0.4 is 0 Å². The fourth-order valence-electron chi connectivity index (χ4n) is 3.91. The quantitative estimate of drug-likeness (QED) is 0.341. The van der Waals surface area contributed by atoms with E-state index in [1.807, 2.05) is 37.3 Å². The Balaban J connectivity index is 1.51. The van der Waals surface area contributed by atoms with Crippen molar-refractivity contribution in [2.45, 2.75) is 84.5 Å². The Hall–Kier alpha value is -2.36. The van der Waals surface area contributed by atoms with Gasteiger partial charge in [-0.1, -0.05) is 82.9 Å². The second kappa shape index (κ2) is 11.0. The van der Waals surface area contributed by atoms with Gasteiger partial charge in [0.1, 0.15) is 22.5 Å². The number of aryl methyl sites for hydroxylation is 2. The van der Waals surface area contributed by atoms with Crippen LogP contribution in [0.4, 0.5) is 0 Å². The summed E-state index contributed by atoms with van der Waals surface area (Å²) in [5.41, 5.74) is 4.47. The van der Waals surface area contributed by atoms with Crippen molar-refractivity contribution in [2.75, 3.05) is 0 Å². The van der Waals surface area contributed by atoms with Crippen molar-refractivity contribution in [3.05, 3.63) is 47.5 Å². The zero-order chi connectivity index (χ0) is 20.5. The summed E-state index contributed by atoms with van der Waals surface area (Å²) in [4.78, 5) is 1.56. The van der Waals surface area contributed by atoms with Crippen LogP contribution in [0.5, 0.6) is 5.75 Å². The Labute approximate surface area is 175 Å². The van der Waals surface area contributed by atoms with Crippen molar-refractivity contribution in [3.63, 3.8) is 0 Å². The molecule has 156 valence electrons. The third-order valence-electron chi connectivity index (χ3n) is 5.66. The van der Waals surface area contributed by atoms with Crippen LogP contribution in [0.15, 0.2) is 36.4 Å². The van der Waals surface area contributed by atoms with E-state index in [1.165, 1.54) is 69.8 Å². The fraction of sp³-hybridized carbons (Fsp3) is 0.520. The molecular formula is C25H35N3O. The number of aromatic nitrogens is 3. The smallest absolute Gasteiger partial charge is 0.146 e. The van der Waals surface area contributed by atoms with Crippen LogP contribution in [0.25, 0.3) is 16.7 Å². The second-order valence-electron chi connectivity index (χ2n) is 8.19. The summed E-state index contributed by atoms with van der Waals surface area (Å²) in [6.45, 7) is 4.22. The van der Waals surface area contributed by atoms with Gasteiger partial charge >= 0.3 is 0 Å². The van der Waals surface area contributed by atoms with Gasteiger partial charge in [-0.05, 0) is 49.1 Å². The first-order valence-electron chi connectivity index (χ1n) is 11.3. The zero-order valence-electron chi connectivity index (χ0n) is 18.0. The van der Waals surface area contributed by atoms with Crippen molar-refractivity contribution >= 4 is 11.0 Å². The van der Waals surface area contributed by atoms with Gasteiger partial charge in [0.2, 0.25) is 0 Å². The van der Waals surface area contributed by atoms with Crippen molar-refractivity contribution in [1.82, 2.24) is 15.0 Å². The van der Waals surface area contributed by atoms with Crippen LogP contribution >= 0.6 is 0 Å². The number of nitrogens with zero attached hydrogens (tertiary/aromatic N) is 3. The van der Waals surface area contributed by atoms with Crippen molar-refractivity contribution in [3.8, 4) is 11.4 Å². The van der Waals surface area contributed by atoms with Gasteiger partial charge in [0.15, 0.2) is 0 Å². The molecule has 0 aliphatic carbocycles. The third-order valence-corrected chi connectivity index (χ3v) is 5.66. The normalized spacial score (nSPS) is 11.4. The summed E-state index contributed by atoms with van der Waals surface area (Å²) in [5.74, 6) is 0.261. The molecular weight excluding hydrogens is 358 g/mol. The maximum atomic E-state index is 10.5. The first-order valence-corrected chi connectivity index (χ1v) is 11.3. The van der Waals surface area contributed by atoms with Crippen LogP contribution in [0.2, 0.25) is 0 Å². The van der Waals surface area contributed by atoms with Crippen LogP contribution in [-0.2, 0) is 6.42 Å². The Morgan fingerprint density at radius 2 is 1.34 bits per heavy atom. The molecule has 1 N–H and O–H groups in total. The predicted molar refractivity (Wildman–Crippen MR) is 121 cm³/mol. The first kappa shape index (κ1) is 21.4. The number of hydrogen-bond acceptors (Lipinski definition) is 3. The topological polar surface area (TPSA) is 50.9 Å². The molecule has 0 bridgehead atoms. The molecule has 0 amide bonds. The standard InChI is InChI=1S/C25H35N3O/c1-3-4-5-6-7-8-9-10-11-12-15-21-18-20(2)25(29)24(19-21)28-26-22-16-13-14-17-23(22)27-28/h13-14,16-19,29H,3-12,15H2,1-2H3. The average molecular weight is 394 g/mol. The molecule has 0 atom stereocenters. The highest BCUT2D eigenvalue weighted by Crippen LogP contribution is 2.28. The molecule has 2 aromatic carbocycles. The molecule has 0 spiro atoms. The summed E-state index contributed by atoms with van der Waals surface area (Å²) in [7, 11) is 0. The second-order valence-corrected chi connectivity index (χ2v) is 8.19. The van der Waals surface area contributed by atoms with E-state index in [9.17, 15) is 5.11 Å². The van der Waals surface area contributed by atoms with E-state index in [2.05, 4.69) is 23.2 Å².